The lowest BCUT2D eigenvalue weighted by Crippen LogP contribution is -2.55. The largest absolute Gasteiger partial charge is 0.352 e. The summed E-state index contributed by atoms with van der Waals surface area (Å²) in [4.78, 5) is 28.4. The molecule has 6 heteroatoms. The van der Waals surface area contributed by atoms with Gasteiger partial charge in [0.05, 0.1) is 12.5 Å². The Balaban J connectivity index is 1.46. The summed E-state index contributed by atoms with van der Waals surface area (Å²) < 4.78 is 12.9. The fourth-order valence-corrected chi connectivity index (χ4v) is 2.96. The van der Waals surface area contributed by atoms with Crippen LogP contribution in [0.25, 0.3) is 0 Å². The van der Waals surface area contributed by atoms with E-state index in [4.69, 9.17) is 0 Å². The number of rotatable bonds is 5. The molecule has 1 atom stereocenters. The monoisotopic (exact) mass is 333 g/mol. The van der Waals surface area contributed by atoms with E-state index in [1.807, 2.05) is 11.8 Å². The van der Waals surface area contributed by atoms with E-state index < -0.39 is 0 Å². The number of hydrogen-bond acceptors (Lipinski definition) is 3. The Morgan fingerprint density at radius 1 is 1.17 bits per heavy atom. The number of hydrogen-bond donors (Lipinski definition) is 1. The summed E-state index contributed by atoms with van der Waals surface area (Å²) in [7, 11) is 0. The van der Waals surface area contributed by atoms with Crippen LogP contribution in [0.4, 0.5) is 4.39 Å². The fraction of sp³-hybridized carbons (Fsp3) is 0.556. The molecule has 2 fully saturated rings. The van der Waals surface area contributed by atoms with Crippen molar-refractivity contribution in [1.29, 1.82) is 0 Å². The first-order valence-corrected chi connectivity index (χ1v) is 8.59. The van der Waals surface area contributed by atoms with Crippen LogP contribution < -0.4 is 5.32 Å². The molecule has 0 spiro atoms. The van der Waals surface area contributed by atoms with Gasteiger partial charge in [-0.3, -0.25) is 14.5 Å². The predicted molar refractivity (Wildman–Crippen MR) is 88.9 cm³/mol. The highest BCUT2D eigenvalue weighted by molar-refractivity contribution is 5.82. The lowest BCUT2D eigenvalue weighted by Gasteiger charge is -2.37. The second kappa shape index (κ2) is 7.30. The molecule has 1 N–H and O–H groups in total. The Kier molecular flexibility index (Phi) is 5.14. The smallest absolute Gasteiger partial charge is 0.237 e. The summed E-state index contributed by atoms with van der Waals surface area (Å²) in [5.74, 6) is -0.154. The molecule has 130 valence electrons. The van der Waals surface area contributed by atoms with Crippen molar-refractivity contribution in [2.75, 3.05) is 26.2 Å². The number of carbonyl (C=O) groups excluding carboxylic acids is 2. The van der Waals surface area contributed by atoms with Gasteiger partial charge in [0.15, 0.2) is 0 Å². The molecule has 0 aromatic heterocycles. The first-order chi connectivity index (χ1) is 11.5. The van der Waals surface area contributed by atoms with Crippen LogP contribution in [0, 0.1) is 5.82 Å². The molecule has 1 aliphatic heterocycles. The van der Waals surface area contributed by atoms with Crippen molar-refractivity contribution in [1.82, 2.24) is 15.1 Å². The number of amides is 2. The summed E-state index contributed by atoms with van der Waals surface area (Å²) in [5, 5.41) is 3.03. The van der Waals surface area contributed by atoms with E-state index in [0.717, 1.165) is 18.4 Å². The molecule has 24 heavy (non-hydrogen) atoms. The number of nitrogens with zero attached hydrogens (tertiary/aromatic N) is 2. The third kappa shape index (κ3) is 4.32. The molecule has 0 unspecified atom stereocenters. The van der Waals surface area contributed by atoms with Crippen LogP contribution in [-0.2, 0) is 16.0 Å². The summed E-state index contributed by atoms with van der Waals surface area (Å²) in [5.41, 5.74) is 0.820. The minimum Gasteiger partial charge on any atom is -0.352 e. The summed E-state index contributed by atoms with van der Waals surface area (Å²) in [6.07, 6.45) is 2.46. The molecule has 2 amide bonds. The quantitative estimate of drug-likeness (QED) is 0.880. The second-order valence-corrected chi connectivity index (χ2v) is 6.68. The maximum absolute atomic E-state index is 12.9. The van der Waals surface area contributed by atoms with Crippen LogP contribution in [-0.4, -0.2) is 59.9 Å². The van der Waals surface area contributed by atoms with E-state index in [0.29, 0.717) is 32.2 Å². The van der Waals surface area contributed by atoms with Gasteiger partial charge < -0.3 is 10.2 Å². The van der Waals surface area contributed by atoms with E-state index in [9.17, 15) is 14.0 Å². The average Bonchev–Trinajstić information content (AvgIpc) is 3.40. The lowest BCUT2D eigenvalue weighted by atomic mass is 10.1. The number of carbonyl (C=O) groups is 2. The summed E-state index contributed by atoms with van der Waals surface area (Å²) in [6, 6.07) is 6.27. The van der Waals surface area contributed by atoms with Crippen molar-refractivity contribution in [3.05, 3.63) is 35.6 Å². The number of piperazine rings is 1. The van der Waals surface area contributed by atoms with E-state index in [1.54, 1.807) is 12.1 Å². The number of nitrogens with one attached hydrogen (secondary N) is 1. The molecule has 1 aromatic carbocycles. The molecule has 1 saturated carbocycles. The van der Waals surface area contributed by atoms with Gasteiger partial charge in [0.2, 0.25) is 11.8 Å². The number of benzene rings is 1. The zero-order chi connectivity index (χ0) is 17.1. The van der Waals surface area contributed by atoms with Crippen LogP contribution in [0.15, 0.2) is 24.3 Å². The highest BCUT2D eigenvalue weighted by Crippen LogP contribution is 2.19. The fourth-order valence-electron chi connectivity index (χ4n) is 2.96. The van der Waals surface area contributed by atoms with Crippen LogP contribution in [0.5, 0.6) is 0 Å². The van der Waals surface area contributed by atoms with Gasteiger partial charge in [-0.2, -0.15) is 0 Å². The van der Waals surface area contributed by atoms with Gasteiger partial charge in [0.25, 0.3) is 0 Å². The molecule has 2 aliphatic rings. The Labute approximate surface area is 141 Å². The first-order valence-electron chi connectivity index (χ1n) is 8.59. The SMILES string of the molecule is C[C@H](C(=O)NC1CC1)N1CCN(C(=O)Cc2ccc(F)cc2)CC1. The Morgan fingerprint density at radius 3 is 2.38 bits per heavy atom. The molecule has 0 bridgehead atoms. The van der Waals surface area contributed by atoms with Crippen LogP contribution in [0.2, 0.25) is 0 Å². The second-order valence-electron chi connectivity index (χ2n) is 6.68. The third-order valence-corrected chi connectivity index (χ3v) is 4.79. The van der Waals surface area contributed by atoms with E-state index >= 15 is 0 Å². The molecule has 5 nitrogen and oxygen atoms in total. The van der Waals surface area contributed by atoms with Gasteiger partial charge in [-0.05, 0) is 37.5 Å². The third-order valence-electron chi connectivity index (χ3n) is 4.79. The predicted octanol–water partition coefficient (Wildman–Crippen LogP) is 1.18. The van der Waals surface area contributed by atoms with Crippen molar-refractivity contribution >= 4 is 11.8 Å². The molecule has 1 aromatic rings. The van der Waals surface area contributed by atoms with E-state index in [2.05, 4.69) is 10.2 Å². The van der Waals surface area contributed by atoms with Crippen LogP contribution in [0.3, 0.4) is 0 Å². The Morgan fingerprint density at radius 2 is 1.79 bits per heavy atom. The topological polar surface area (TPSA) is 52.7 Å². The van der Waals surface area contributed by atoms with Gasteiger partial charge in [0.1, 0.15) is 5.82 Å². The van der Waals surface area contributed by atoms with Crippen LogP contribution >= 0.6 is 0 Å². The van der Waals surface area contributed by atoms with Gasteiger partial charge >= 0.3 is 0 Å². The molecular formula is C18H24FN3O2. The van der Waals surface area contributed by atoms with Crippen molar-refractivity contribution in [2.24, 2.45) is 0 Å². The van der Waals surface area contributed by atoms with Crippen LogP contribution in [0.1, 0.15) is 25.3 Å². The molecule has 1 saturated heterocycles. The van der Waals surface area contributed by atoms with Gasteiger partial charge in [-0.15, -0.1) is 0 Å². The minimum absolute atomic E-state index is 0.0522. The van der Waals surface area contributed by atoms with Gasteiger partial charge in [0, 0.05) is 32.2 Å². The summed E-state index contributed by atoms with van der Waals surface area (Å²) in [6.45, 7) is 4.58. The summed E-state index contributed by atoms with van der Waals surface area (Å²) >= 11 is 0. The maximum Gasteiger partial charge on any atom is 0.237 e. The number of halogens is 1. The standard InChI is InChI=1S/C18H24FN3O2/c1-13(18(24)20-16-6-7-16)21-8-10-22(11-9-21)17(23)12-14-2-4-15(19)5-3-14/h2-5,13,16H,6-12H2,1H3,(H,20,24)/t13-/m1/s1. The van der Waals surface area contributed by atoms with Gasteiger partial charge in [-0.25, -0.2) is 4.39 Å². The maximum atomic E-state index is 12.9. The van der Waals surface area contributed by atoms with Crippen molar-refractivity contribution in [2.45, 2.75) is 38.3 Å². The highest BCUT2D eigenvalue weighted by atomic mass is 19.1. The van der Waals surface area contributed by atoms with Gasteiger partial charge in [-0.1, -0.05) is 12.1 Å². The van der Waals surface area contributed by atoms with E-state index in [-0.39, 0.29) is 30.1 Å². The molecule has 1 aliphatic carbocycles. The molecular weight excluding hydrogens is 309 g/mol. The first kappa shape index (κ1) is 16.9. The van der Waals surface area contributed by atoms with Crippen molar-refractivity contribution in [3.8, 4) is 0 Å². The van der Waals surface area contributed by atoms with Crippen molar-refractivity contribution in [3.63, 3.8) is 0 Å². The molecule has 3 rings (SSSR count). The zero-order valence-corrected chi connectivity index (χ0v) is 14.0. The average molecular weight is 333 g/mol. The highest BCUT2D eigenvalue weighted by Gasteiger charge is 2.30. The Hall–Kier alpha value is -1.95. The normalized spacial score (nSPS) is 19.8. The van der Waals surface area contributed by atoms with Crippen molar-refractivity contribution < 1.29 is 14.0 Å². The molecule has 0 radical (unpaired) electrons. The minimum atomic E-state index is -0.293. The lowest BCUT2D eigenvalue weighted by molar-refractivity contribution is -0.133. The zero-order valence-electron chi connectivity index (χ0n) is 14.0. The molecule has 1 heterocycles. The Bertz CT molecular complexity index is 593. The van der Waals surface area contributed by atoms with E-state index in [1.165, 1.54) is 12.1 Å².